The van der Waals surface area contributed by atoms with E-state index in [1.165, 1.54) is 0 Å². The summed E-state index contributed by atoms with van der Waals surface area (Å²) in [6.07, 6.45) is 4.25. The van der Waals surface area contributed by atoms with Crippen LogP contribution in [0.2, 0.25) is 5.02 Å². The van der Waals surface area contributed by atoms with E-state index in [4.69, 9.17) is 22.1 Å². The van der Waals surface area contributed by atoms with Gasteiger partial charge in [-0.25, -0.2) is 0 Å². The second-order valence-corrected chi connectivity index (χ2v) is 6.72. The first-order chi connectivity index (χ1) is 10.4. The van der Waals surface area contributed by atoms with Gasteiger partial charge in [0.05, 0.1) is 17.4 Å². The van der Waals surface area contributed by atoms with Gasteiger partial charge in [0.1, 0.15) is 12.4 Å². The smallest absolute Gasteiger partial charge is 0.138 e. The van der Waals surface area contributed by atoms with Crippen molar-refractivity contribution in [3.8, 4) is 16.9 Å². The first kappa shape index (κ1) is 16.7. The van der Waals surface area contributed by atoms with E-state index in [9.17, 15) is 0 Å². The van der Waals surface area contributed by atoms with Gasteiger partial charge < -0.3 is 10.5 Å². The molecule has 0 bridgehead atoms. The lowest BCUT2D eigenvalue weighted by Crippen LogP contribution is -2.43. The van der Waals surface area contributed by atoms with Crippen molar-refractivity contribution in [3.05, 3.63) is 41.7 Å². The van der Waals surface area contributed by atoms with E-state index in [-0.39, 0.29) is 5.54 Å². The van der Waals surface area contributed by atoms with Crippen LogP contribution in [0.5, 0.6) is 5.75 Å². The van der Waals surface area contributed by atoms with Crippen LogP contribution in [0.4, 0.5) is 0 Å². The number of nitrogens with zero attached hydrogens (tertiary/aromatic N) is 2. The van der Waals surface area contributed by atoms with Crippen LogP contribution in [0.1, 0.15) is 27.2 Å². The van der Waals surface area contributed by atoms with Gasteiger partial charge in [-0.15, -0.1) is 0 Å². The molecule has 0 aliphatic heterocycles. The average Bonchev–Trinajstić information content (AvgIpc) is 2.45. The molecule has 1 heterocycles. The van der Waals surface area contributed by atoms with Crippen LogP contribution in [-0.4, -0.2) is 22.3 Å². The summed E-state index contributed by atoms with van der Waals surface area (Å²) in [5, 5.41) is 8.20. The quantitative estimate of drug-likeness (QED) is 0.876. The molecular formula is C17H22ClN3O. The summed E-state index contributed by atoms with van der Waals surface area (Å²) in [6, 6.07) is 7.57. The van der Waals surface area contributed by atoms with Gasteiger partial charge in [0, 0.05) is 11.1 Å². The van der Waals surface area contributed by atoms with Gasteiger partial charge in [-0.1, -0.05) is 31.5 Å². The Morgan fingerprint density at radius 1 is 1.23 bits per heavy atom. The van der Waals surface area contributed by atoms with E-state index in [0.29, 0.717) is 23.3 Å². The highest BCUT2D eigenvalue weighted by Crippen LogP contribution is 2.30. The summed E-state index contributed by atoms with van der Waals surface area (Å²) in [5.74, 6) is 1.17. The lowest BCUT2D eigenvalue weighted by molar-refractivity contribution is 0.207. The van der Waals surface area contributed by atoms with Crippen LogP contribution >= 0.6 is 11.6 Å². The molecule has 2 N–H and O–H groups in total. The SMILES string of the molecule is CC(C)CC(C)(N)COc1ccc(-c2ccnnc2)cc1Cl. The van der Waals surface area contributed by atoms with Crippen LogP contribution in [0, 0.1) is 5.92 Å². The normalized spacial score (nSPS) is 13.9. The Balaban J connectivity index is 2.08. The number of nitrogens with two attached hydrogens (primary N) is 1. The predicted molar refractivity (Wildman–Crippen MR) is 90.0 cm³/mol. The van der Waals surface area contributed by atoms with Crippen molar-refractivity contribution in [2.24, 2.45) is 11.7 Å². The number of hydrogen-bond acceptors (Lipinski definition) is 4. The summed E-state index contributed by atoms with van der Waals surface area (Å²) in [6.45, 7) is 6.73. The maximum absolute atomic E-state index is 6.31. The molecule has 2 aromatic rings. The maximum Gasteiger partial charge on any atom is 0.138 e. The molecule has 0 amide bonds. The fourth-order valence-corrected chi connectivity index (χ4v) is 2.73. The number of ether oxygens (including phenoxy) is 1. The Labute approximate surface area is 136 Å². The molecule has 0 aliphatic rings. The Kier molecular flexibility index (Phi) is 5.37. The highest BCUT2D eigenvalue weighted by Gasteiger charge is 2.21. The Bertz CT molecular complexity index is 615. The number of hydrogen-bond donors (Lipinski definition) is 1. The van der Waals surface area contributed by atoms with E-state index in [1.807, 2.05) is 31.2 Å². The molecule has 1 aromatic carbocycles. The van der Waals surface area contributed by atoms with E-state index < -0.39 is 0 Å². The maximum atomic E-state index is 6.31. The highest BCUT2D eigenvalue weighted by atomic mass is 35.5. The number of aromatic nitrogens is 2. The van der Waals surface area contributed by atoms with Crippen molar-refractivity contribution >= 4 is 11.6 Å². The molecule has 0 aliphatic carbocycles. The average molecular weight is 320 g/mol. The van der Waals surface area contributed by atoms with Crippen LogP contribution in [0.25, 0.3) is 11.1 Å². The fourth-order valence-electron chi connectivity index (χ4n) is 2.49. The number of rotatable bonds is 6. The molecule has 2 rings (SSSR count). The minimum Gasteiger partial charge on any atom is -0.490 e. The molecule has 1 unspecified atom stereocenters. The van der Waals surface area contributed by atoms with Crippen molar-refractivity contribution < 1.29 is 4.74 Å². The molecule has 0 radical (unpaired) electrons. The standard InChI is InChI=1S/C17H22ClN3O/c1-12(2)9-17(3,19)11-22-16-5-4-13(8-15(16)18)14-6-7-20-21-10-14/h4-8,10,12H,9,11,19H2,1-3H3. The summed E-state index contributed by atoms with van der Waals surface area (Å²) < 4.78 is 5.81. The van der Waals surface area contributed by atoms with Gasteiger partial charge in [-0.05, 0) is 43.0 Å². The van der Waals surface area contributed by atoms with E-state index in [2.05, 4.69) is 24.0 Å². The van der Waals surface area contributed by atoms with Gasteiger partial charge in [0.2, 0.25) is 0 Å². The van der Waals surface area contributed by atoms with Gasteiger partial charge in [0.15, 0.2) is 0 Å². The molecule has 4 nitrogen and oxygen atoms in total. The zero-order chi connectivity index (χ0) is 16.2. The summed E-state index contributed by atoms with van der Waals surface area (Å²) in [4.78, 5) is 0. The molecule has 1 aromatic heterocycles. The second kappa shape index (κ2) is 7.07. The van der Waals surface area contributed by atoms with E-state index in [1.54, 1.807) is 12.4 Å². The topological polar surface area (TPSA) is 61.0 Å². The van der Waals surface area contributed by atoms with Crippen molar-refractivity contribution in [1.29, 1.82) is 0 Å². The number of benzene rings is 1. The molecule has 5 heteroatoms. The largest absolute Gasteiger partial charge is 0.490 e. The third kappa shape index (κ3) is 4.68. The minimum atomic E-state index is -0.370. The monoisotopic (exact) mass is 319 g/mol. The minimum absolute atomic E-state index is 0.370. The van der Waals surface area contributed by atoms with Crippen LogP contribution < -0.4 is 10.5 Å². The Morgan fingerprint density at radius 3 is 2.59 bits per heavy atom. The molecule has 0 fully saturated rings. The molecular weight excluding hydrogens is 298 g/mol. The van der Waals surface area contributed by atoms with Gasteiger partial charge in [-0.3, -0.25) is 0 Å². The predicted octanol–water partition coefficient (Wildman–Crippen LogP) is 3.94. The first-order valence-corrected chi connectivity index (χ1v) is 7.73. The summed E-state index contributed by atoms with van der Waals surface area (Å²) >= 11 is 6.31. The van der Waals surface area contributed by atoms with Crippen LogP contribution in [-0.2, 0) is 0 Å². The highest BCUT2D eigenvalue weighted by molar-refractivity contribution is 6.32. The second-order valence-electron chi connectivity index (χ2n) is 6.32. The molecule has 22 heavy (non-hydrogen) atoms. The molecule has 0 saturated heterocycles. The van der Waals surface area contributed by atoms with E-state index >= 15 is 0 Å². The zero-order valence-corrected chi connectivity index (χ0v) is 14.0. The third-order valence-corrected chi connectivity index (χ3v) is 3.58. The van der Waals surface area contributed by atoms with Crippen molar-refractivity contribution in [1.82, 2.24) is 10.2 Å². The lowest BCUT2D eigenvalue weighted by Gasteiger charge is -2.26. The summed E-state index contributed by atoms with van der Waals surface area (Å²) in [5.41, 5.74) is 7.82. The number of halogens is 1. The van der Waals surface area contributed by atoms with Crippen molar-refractivity contribution in [2.45, 2.75) is 32.7 Å². The van der Waals surface area contributed by atoms with Crippen LogP contribution in [0.3, 0.4) is 0 Å². The van der Waals surface area contributed by atoms with Crippen molar-refractivity contribution in [3.63, 3.8) is 0 Å². The van der Waals surface area contributed by atoms with Gasteiger partial charge in [0.25, 0.3) is 0 Å². The lowest BCUT2D eigenvalue weighted by atomic mass is 9.93. The van der Waals surface area contributed by atoms with E-state index in [0.717, 1.165) is 17.5 Å². The van der Waals surface area contributed by atoms with Gasteiger partial charge in [-0.2, -0.15) is 10.2 Å². The summed E-state index contributed by atoms with van der Waals surface area (Å²) in [7, 11) is 0. The molecule has 1 atom stereocenters. The molecule has 0 spiro atoms. The Morgan fingerprint density at radius 2 is 2.00 bits per heavy atom. The fraction of sp³-hybridized carbons (Fsp3) is 0.412. The van der Waals surface area contributed by atoms with Crippen LogP contribution in [0.15, 0.2) is 36.7 Å². The Hall–Kier alpha value is -1.65. The third-order valence-electron chi connectivity index (χ3n) is 3.28. The zero-order valence-electron chi connectivity index (χ0n) is 13.2. The van der Waals surface area contributed by atoms with Crippen molar-refractivity contribution in [2.75, 3.05) is 6.61 Å². The molecule has 118 valence electrons. The first-order valence-electron chi connectivity index (χ1n) is 7.36. The van der Waals surface area contributed by atoms with Gasteiger partial charge >= 0.3 is 0 Å². The molecule has 0 saturated carbocycles.